The molecule has 162 valence electrons. The van der Waals surface area contributed by atoms with E-state index < -0.39 is 27.7 Å². The lowest BCUT2D eigenvalue weighted by molar-refractivity contribution is -0.137. The highest BCUT2D eigenvalue weighted by molar-refractivity contribution is 7.92. The van der Waals surface area contributed by atoms with Crippen LogP contribution >= 0.6 is 0 Å². The summed E-state index contributed by atoms with van der Waals surface area (Å²) in [7, 11) is -3.90. The third kappa shape index (κ3) is 4.26. The zero-order chi connectivity index (χ0) is 22.2. The Morgan fingerprint density at radius 2 is 1.90 bits per heavy atom. The Morgan fingerprint density at radius 1 is 1.13 bits per heavy atom. The van der Waals surface area contributed by atoms with Gasteiger partial charge in [-0.1, -0.05) is 24.3 Å². The topological polar surface area (TPSA) is 84.3 Å². The molecule has 0 fully saturated rings. The highest BCUT2D eigenvalue weighted by Crippen LogP contribution is 2.32. The van der Waals surface area contributed by atoms with Crippen molar-refractivity contribution in [2.45, 2.75) is 24.2 Å². The van der Waals surface area contributed by atoms with Crippen molar-refractivity contribution in [3.63, 3.8) is 0 Å². The predicted octanol–water partition coefficient (Wildman–Crippen LogP) is 3.29. The Hall–Kier alpha value is -3.34. The number of nitrogens with zero attached hydrogens (tertiary/aromatic N) is 3. The van der Waals surface area contributed by atoms with Gasteiger partial charge in [-0.05, 0) is 36.2 Å². The van der Waals surface area contributed by atoms with Crippen molar-refractivity contribution in [3.05, 3.63) is 72.2 Å². The number of nitrogens with one attached hydrogen (secondary N) is 1. The lowest BCUT2D eigenvalue weighted by Crippen LogP contribution is -2.29. The largest absolute Gasteiger partial charge is 0.416 e. The molecule has 31 heavy (non-hydrogen) atoms. The van der Waals surface area contributed by atoms with Gasteiger partial charge in [0.05, 0.1) is 17.6 Å². The van der Waals surface area contributed by atoms with E-state index in [-0.39, 0.29) is 17.3 Å². The molecule has 1 N–H and O–H groups in total. The van der Waals surface area contributed by atoms with Gasteiger partial charge in [0.15, 0.2) is 5.03 Å². The van der Waals surface area contributed by atoms with Crippen molar-refractivity contribution >= 4 is 27.3 Å². The zero-order valence-corrected chi connectivity index (χ0v) is 16.8. The molecule has 7 nitrogen and oxygen atoms in total. The van der Waals surface area contributed by atoms with Crippen molar-refractivity contribution in [1.29, 1.82) is 0 Å². The molecule has 0 spiro atoms. The molecule has 11 heteroatoms. The molecule has 3 aromatic rings. The Bertz CT molecular complexity index is 1240. The van der Waals surface area contributed by atoms with Gasteiger partial charge >= 0.3 is 6.18 Å². The van der Waals surface area contributed by atoms with Gasteiger partial charge in [0, 0.05) is 18.4 Å². The van der Waals surface area contributed by atoms with Gasteiger partial charge in [0.25, 0.3) is 10.0 Å². The first-order valence-corrected chi connectivity index (χ1v) is 10.7. The second-order valence-electron chi connectivity index (χ2n) is 6.97. The smallest absolute Gasteiger partial charge is 0.327 e. The standard InChI is InChI=1S/C20H17F3N4O3S/c21-20(22,23)15-5-3-6-16(10-15)25-18(28)11-26-12-19(24-13-26)31(29,30)27-9-8-14-4-1-2-7-17(14)27/h1-7,10,12-13H,8-9,11H2,(H,25,28). The number of amides is 1. The van der Waals surface area contributed by atoms with E-state index in [2.05, 4.69) is 10.3 Å². The molecule has 1 amide bonds. The van der Waals surface area contributed by atoms with E-state index in [1.807, 2.05) is 12.1 Å². The van der Waals surface area contributed by atoms with Crippen LogP contribution in [0.3, 0.4) is 0 Å². The van der Waals surface area contributed by atoms with E-state index in [4.69, 9.17) is 0 Å². The minimum absolute atomic E-state index is 0.0125. The van der Waals surface area contributed by atoms with E-state index in [1.165, 1.54) is 33.5 Å². The van der Waals surface area contributed by atoms with Crippen LogP contribution in [0.2, 0.25) is 0 Å². The predicted molar refractivity (Wildman–Crippen MR) is 107 cm³/mol. The molecule has 2 heterocycles. The molecule has 0 bridgehead atoms. The molecule has 0 radical (unpaired) electrons. The minimum Gasteiger partial charge on any atom is -0.327 e. The van der Waals surface area contributed by atoms with Gasteiger partial charge in [0.2, 0.25) is 5.91 Å². The van der Waals surface area contributed by atoms with Crippen LogP contribution in [0.5, 0.6) is 0 Å². The number of anilines is 2. The maximum Gasteiger partial charge on any atom is 0.416 e. The maximum absolute atomic E-state index is 13.0. The summed E-state index contributed by atoms with van der Waals surface area (Å²) in [6, 6.07) is 11.4. The third-order valence-corrected chi connectivity index (χ3v) is 6.51. The van der Waals surface area contributed by atoms with Crippen LogP contribution in [-0.2, 0) is 34.0 Å². The molecule has 0 unspecified atom stereocenters. The fourth-order valence-electron chi connectivity index (χ4n) is 3.37. The van der Waals surface area contributed by atoms with Gasteiger partial charge in [0.1, 0.15) is 6.54 Å². The molecule has 0 saturated heterocycles. The molecule has 0 saturated carbocycles. The summed E-state index contributed by atoms with van der Waals surface area (Å²) in [6.45, 7) is -0.0140. The summed E-state index contributed by atoms with van der Waals surface area (Å²) in [5.41, 5.74) is 0.624. The first-order valence-electron chi connectivity index (χ1n) is 9.24. The summed E-state index contributed by atoms with van der Waals surface area (Å²) < 4.78 is 66.9. The fraction of sp³-hybridized carbons (Fsp3) is 0.200. The number of fused-ring (bicyclic) bond motifs is 1. The summed E-state index contributed by atoms with van der Waals surface area (Å²) in [5, 5.41) is 2.16. The van der Waals surface area contributed by atoms with Gasteiger partial charge in [-0.15, -0.1) is 0 Å². The number of benzene rings is 2. The third-order valence-electron chi connectivity index (χ3n) is 4.81. The van der Waals surface area contributed by atoms with Crippen molar-refractivity contribution in [3.8, 4) is 0 Å². The van der Waals surface area contributed by atoms with Crippen LogP contribution in [0.1, 0.15) is 11.1 Å². The molecule has 4 rings (SSSR count). The van der Waals surface area contributed by atoms with E-state index in [0.29, 0.717) is 18.7 Å². The monoisotopic (exact) mass is 450 g/mol. The van der Waals surface area contributed by atoms with Crippen molar-refractivity contribution < 1.29 is 26.4 Å². The van der Waals surface area contributed by atoms with E-state index in [0.717, 1.165) is 17.7 Å². The van der Waals surface area contributed by atoms with E-state index in [9.17, 15) is 26.4 Å². The number of carbonyl (C=O) groups is 1. The molecule has 2 aromatic carbocycles. The number of aromatic nitrogens is 2. The molecular weight excluding hydrogens is 433 g/mol. The number of carbonyl (C=O) groups excluding carboxylic acids is 1. The zero-order valence-electron chi connectivity index (χ0n) is 16.0. The van der Waals surface area contributed by atoms with Gasteiger partial charge in [-0.25, -0.2) is 4.98 Å². The summed E-state index contributed by atoms with van der Waals surface area (Å²) in [5.74, 6) is -0.618. The average molecular weight is 450 g/mol. The number of para-hydroxylation sites is 1. The number of hydrogen-bond donors (Lipinski definition) is 1. The summed E-state index contributed by atoms with van der Waals surface area (Å²) >= 11 is 0. The second kappa shape index (κ2) is 7.73. The first-order chi connectivity index (χ1) is 14.6. The average Bonchev–Trinajstić information content (AvgIpc) is 3.35. The van der Waals surface area contributed by atoms with Crippen molar-refractivity contribution in [2.24, 2.45) is 0 Å². The number of halogens is 3. The highest BCUT2D eigenvalue weighted by atomic mass is 32.2. The maximum atomic E-state index is 13.0. The van der Waals surface area contributed by atoms with E-state index >= 15 is 0 Å². The molecule has 0 atom stereocenters. The Balaban J connectivity index is 1.47. The fourth-order valence-corrected chi connectivity index (χ4v) is 4.81. The number of sulfonamides is 1. The van der Waals surface area contributed by atoms with Crippen LogP contribution in [0.4, 0.5) is 24.5 Å². The van der Waals surface area contributed by atoms with Gasteiger partial charge < -0.3 is 9.88 Å². The Labute approximate surface area is 176 Å². The number of imidazole rings is 1. The Morgan fingerprint density at radius 3 is 2.68 bits per heavy atom. The Kier molecular flexibility index (Phi) is 5.21. The minimum atomic E-state index is -4.53. The highest BCUT2D eigenvalue weighted by Gasteiger charge is 2.32. The van der Waals surface area contributed by atoms with Crippen LogP contribution in [0, 0.1) is 0 Å². The SMILES string of the molecule is O=C(Cn1cnc(S(=O)(=O)N2CCc3ccccc32)c1)Nc1cccc(C(F)(F)F)c1. The van der Waals surface area contributed by atoms with Crippen molar-refractivity contribution in [1.82, 2.24) is 9.55 Å². The van der Waals surface area contributed by atoms with Gasteiger partial charge in [-0.3, -0.25) is 9.10 Å². The number of alkyl halides is 3. The van der Waals surface area contributed by atoms with Gasteiger partial charge in [-0.2, -0.15) is 21.6 Å². The van der Waals surface area contributed by atoms with E-state index in [1.54, 1.807) is 12.1 Å². The molecule has 1 aliphatic heterocycles. The number of rotatable bonds is 5. The summed E-state index contributed by atoms with van der Waals surface area (Å²) in [4.78, 5) is 16.1. The number of hydrogen-bond acceptors (Lipinski definition) is 4. The normalized spacial score (nSPS) is 13.8. The first kappa shape index (κ1) is 20.9. The second-order valence-corrected chi connectivity index (χ2v) is 8.78. The van der Waals surface area contributed by atoms with Crippen LogP contribution in [0.15, 0.2) is 66.1 Å². The molecular formula is C20H17F3N4O3S. The van der Waals surface area contributed by atoms with Crippen molar-refractivity contribution in [2.75, 3.05) is 16.2 Å². The lowest BCUT2D eigenvalue weighted by Gasteiger charge is -2.17. The molecule has 0 aliphatic carbocycles. The summed E-state index contributed by atoms with van der Waals surface area (Å²) in [6.07, 6.45) is -1.51. The molecule has 1 aliphatic rings. The van der Waals surface area contributed by atoms with Crippen LogP contribution in [-0.4, -0.2) is 30.4 Å². The van der Waals surface area contributed by atoms with Crippen LogP contribution < -0.4 is 9.62 Å². The molecule has 1 aromatic heterocycles. The quantitative estimate of drug-likeness (QED) is 0.647. The lowest BCUT2D eigenvalue weighted by atomic mass is 10.2. The van der Waals surface area contributed by atoms with Crippen LogP contribution in [0.25, 0.3) is 0 Å².